The minimum atomic E-state index is -0.884. The van der Waals surface area contributed by atoms with E-state index >= 15 is 0 Å². The van der Waals surface area contributed by atoms with Gasteiger partial charge in [0.25, 0.3) is 5.91 Å². The van der Waals surface area contributed by atoms with Crippen molar-refractivity contribution in [2.75, 3.05) is 12.4 Å². The summed E-state index contributed by atoms with van der Waals surface area (Å²) in [7, 11) is 0. The fraction of sp³-hybridized carbons (Fsp3) is 0.400. The number of para-hydroxylation sites is 1. The third-order valence-corrected chi connectivity index (χ3v) is 5.51. The van der Waals surface area contributed by atoms with Crippen LogP contribution in [0.1, 0.15) is 25.3 Å². The largest absolute Gasteiger partial charge is 0.455 e. The quantitative estimate of drug-likeness (QED) is 0.584. The van der Waals surface area contributed by atoms with Crippen molar-refractivity contribution in [1.82, 2.24) is 10.3 Å². The zero-order valence-electron chi connectivity index (χ0n) is 15.3. The number of hydrogen-bond acceptors (Lipinski definition) is 6. The first kappa shape index (κ1) is 19.2. The molecule has 0 saturated heterocycles. The maximum absolute atomic E-state index is 12.0. The van der Waals surface area contributed by atoms with Crippen LogP contribution in [0.25, 0.3) is 10.9 Å². The molecule has 0 bridgehead atoms. The van der Waals surface area contributed by atoms with E-state index in [0.29, 0.717) is 0 Å². The lowest BCUT2D eigenvalue weighted by Gasteiger charge is -2.22. The van der Waals surface area contributed by atoms with E-state index in [2.05, 4.69) is 16.4 Å². The van der Waals surface area contributed by atoms with E-state index in [0.717, 1.165) is 34.3 Å². The minimum Gasteiger partial charge on any atom is -0.455 e. The number of thioether (sulfide) groups is 1. The predicted octanol–water partition coefficient (Wildman–Crippen LogP) is 2.99. The highest BCUT2D eigenvalue weighted by Crippen LogP contribution is 2.39. The molecule has 2 aromatic rings. The van der Waals surface area contributed by atoms with Crippen LogP contribution < -0.4 is 5.32 Å². The third kappa shape index (κ3) is 4.77. The number of nitriles is 1. The van der Waals surface area contributed by atoms with Crippen LogP contribution in [-0.2, 0) is 14.3 Å². The molecule has 1 heterocycles. The Hall–Kier alpha value is -2.59. The number of nitrogens with zero attached hydrogens (tertiary/aromatic N) is 2. The van der Waals surface area contributed by atoms with Gasteiger partial charge in [-0.15, -0.1) is 0 Å². The Bertz CT molecular complexity index is 920. The summed E-state index contributed by atoms with van der Waals surface area (Å²) in [5.41, 5.74) is 1.08. The number of benzene rings is 1. The highest BCUT2D eigenvalue weighted by Gasteiger charge is 2.43. The molecule has 1 fully saturated rings. The van der Waals surface area contributed by atoms with Gasteiger partial charge < -0.3 is 10.1 Å². The molecule has 1 aromatic heterocycles. The molecule has 1 amide bonds. The maximum Gasteiger partial charge on any atom is 0.316 e. The number of aromatic nitrogens is 1. The van der Waals surface area contributed by atoms with Crippen LogP contribution >= 0.6 is 11.8 Å². The molecule has 1 atom stereocenters. The van der Waals surface area contributed by atoms with Crippen LogP contribution in [0.15, 0.2) is 35.4 Å². The number of fused-ring (bicyclic) bond motifs is 1. The predicted molar refractivity (Wildman–Crippen MR) is 103 cm³/mol. The van der Waals surface area contributed by atoms with Gasteiger partial charge in [-0.25, -0.2) is 4.98 Å². The Morgan fingerprint density at radius 1 is 1.41 bits per heavy atom. The number of amides is 1. The van der Waals surface area contributed by atoms with Gasteiger partial charge in [0.05, 0.1) is 22.4 Å². The van der Waals surface area contributed by atoms with Gasteiger partial charge in [0, 0.05) is 5.39 Å². The summed E-state index contributed by atoms with van der Waals surface area (Å²) in [6.45, 7) is 3.32. The number of hydrogen-bond donors (Lipinski definition) is 1. The average Bonchev–Trinajstić information content (AvgIpc) is 3.50. The molecule has 1 N–H and O–H groups in total. The molecule has 1 aliphatic carbocycles. The lowest BCUT2D eigenvalue weighted by molar-refractivity contribution is -0.146. The van der Waals surface area contributed by atoms with Gasteiger partial charge in [-0.3, -0.25) is 9.59 Å². The molecular formula is C20H21N3O3S. The van der Waals surface area contributed by atoms with Crippen molar-refractivity contribution >= 4 is 34.5 Å². The first-order valence-corrected chi connectivity index (χ1v) is 9.77. The smallest absolute Gasteiger partial charge is 0.316 e. The SMILES string of the molecule is Cc1cc(SCC(=O)OCC(=O)N[C@@](C)(C#N)C2CC2)nc2ccccc12. The first-order chi connectivity index (χ1) is 12.9. The molecule has 0 aliphatic heterocycles. The van der Waals surface area contributed by atoms with Crippen LogP contribution in [0.3, 0.4) is 0 Å². The van der Waals surface area contributed by atoms with Crippen molar-refractivity contribution in [2.45, 2.75) is 37.3 Å². The number of esters is 1. The molecule has 1 saturated carbocycles. The minimum absolute atomic E-state index is 0.0657. The average molecular weight is 383 g/mol. The van der Waals surface area contributed by atoms with Crippen molar-refractivity contribution in [2.24, 2.45) is 5.92 Å². The van der Waals surface area contributed by atoms with Gasteiger partial charge in [-0.1, -0.05) is 30.0 Å². The number of pyridine rings is 1. The zero-order valence-corrected chi connectivity index (χ0v) is 16.1. The fourth-order valence-corrected chi connectivity index (χ4v) is 3.69. The molecule has 0 radical (unpaired) electrons. The second kappa shape index (κ2) is 7.97. The Morgan fingerprint density at radius 3 is 2.85 bits per heavy atom. The number of nitrogens with one attached hydrogen (secondary N) is 1. The summed E-state index contributed by atoms with van der Waals surface area (Å²) in [4.78, 5) is 28.4. The summed E-state index contributed by atoms with van der Waals surface area (Å²) in [5.74, 6) is -0.701. The molecule has 1 aromatic carbocycles. The number of rotatable bonds is 7. The van der Waals surface area contributed by atoms with Crippen molar-refractivity contribution in [3.8, 4) is 6.07 Å². The molecule has 140 valence electrons. The van der Waals surface area contributed by atoms with E-state index in [-0.39, 0.29) is 18.3 Å². The molecule has 7 heteroatoms. The summed E-state index contributed by atoms with van der Waals surface area (Å²) in [6, 6.07) is 11.9. The number of ether oxygens (including phenoxy) is 1. The monoisotopic (exact) mass is 383 g/mol. The number of carbonyl (C=O) groups is 2. The van der Waals surface area contributed by atoms with Crippen molar-refractivity contribution < 1.29 is 14.3 Å². The zero-order chi connectivity index (χ0) is 19.4. The highest BCUT2D eigenvalue weighted by atomic mass is 32.2. The molecule has 6 nitrogen and oxygen atoms in total. The molecule has 0 unspecified atom stereocenters. The van der Waals surface area contributed by atoms with Crippen molar-refractivity contribution in [1.29, 1.82) is 5.26 Å². The Balaban J connectivity index is 1.48. The molecule has 1 aliphatic rings. The molecule has 27 heavy (non-hydrogen) atoms. The Kier molecular flexibility index (Phi) is 5.66. The molecule has 3 rings (SSSR count). The Labute approximate surface area is 162 Å². The number of aryl methyl sites for hydroxylation is 1. The summed E-state index contributed by atoms with van der Waals surface area (Å²) in [6.07, 6.45) is 1.86. The summed E-state index contributed by atoms with van der Waals surface area (Å²) < 4.78 is 5.02. The first-order valence-electron chi connectivity index (χ1n) is 8.78. The summed E-state index contributed by atoms with van der Waals surface area (Å²) >= 11 is 1.27. The normalized spacial score (nSPS) is 15.6. The van der Waals surface area contributed by atoms with Crippen LogP contribution in [-0.4, -0.2) is 34.8 Å². The van der Waals surface area contributed by atoms with E-state index in [1.807, 2.05) is 37.3 Å². The van der Waals surface area contributed by atoms with Gasteiger partial charge in [0.2, 0.25) is 0 Å². The van der Waals surface area contributed by atoms with Gasteiger partial charge >= 0.3 is 5.97 Å². The Morgan fingerprint density at radius 2 is 2.15 bits per heavy atom. The summed E-state index contributed by atoms with van der Waals surface area (Å²) in [5, 5.41) is 13.7. The van der Waals surface area contributed by atoms with Crippen LogP contribution in [0.4, 0.5) is 0 Å². The lowest BCUT2D eigenvalue weighted by atomic mass is 9.98. The molecular weight excluding hydrogens is 362 g/mol. The topological polar surface area (TPSA) is 92.1 Å². The van der Waals surface area contributed by atoms with E-state index < -0.39 is 17.4 Å². The van der Waals surface area contributed by atoms with E-state index in [9.17, 15) is 14.9 Å². The lowest BCUT2D eigenvalue weighted by Crippen LogP contribution is -2.48. The maximum atomic E-state index is 12.0. The van der Waals surface area contributed by atoms with Crippen molar-refractivity contribution in [3.05, 3.63) is 35.9 Å². The number of carbonyl (C=O) groups excluding carboxylic acids is 2. The van der Waals surface area contributed by atoms with Crippen LogP contribution in [0, 0.1) is 24.2 Å². The van der Waals surface area contributed by atoms with Gasteiger partial charge in [-0.2, -0.15) is 5.26 Å². The second-order valence-electron chi connectivity index (χ2n) is 6.88. The van der Waals surface area contributed by atoms with E-state index in [4.69, 9.17) is 4.74 Å². The van der Waals surface area contributed by atoms with Gasteiger partial charge in [0.1, 0.15) is 5.54 Å². The fourth-order valence-electron chi connectivity index (χ4n) is 2.92. The van der Waals surface area contributed by atoms with Crippen LogP contribution in [0.2, 0.25) is 0 Å². The third-order valence-electron chi connectivity index (χ3n) is 4.63. The van der Waals surface area contributed by atoms with Gasteiger partial charge in [-0.05, 0) is 50.3 Å². The van der Waals surface area contributed by atoms with E-state index in [1.54, 1.807) is 6.92 Å². The highest BCUT2D eigenvalue weighted by molar-refractivity contribution is 7.99. The standard InChI is InChI=1S/C20H21N3O3S/c1-13-9-18(22-16-6-4-3-5-15(13)16)27-11-19(25)26-10-17(24)23-20(2,12-21)14-7-8-14/h3-6,9,14H,7-8,10-11H2,1-2H3,(H,23,24)/t20-/m0/s1. The second-order valence-corrected chi connectivity index (χ2v) is 7.88. The van der Waals surface area contributed by atoms with E-state index in [1.165, 1.54) is 11.8 Å². The van der Waals surface area contributed by atoms with Crippen molar-refractivity contribution in [3.63, 3.8) is 0 Å². The molecule has 0 spiro atoms. The van der Waals surface area contributed by atoms with Crippen LogP contribution in [0.5, 0.6) is 0 Å². The van der Waals surface area contributed by atoms with Gasteiger partial charge in [0.15, 0.2) is 6.61 Å².